The van der Waals surface area contributed by atoms with Gasteiger partial charge in [0.25, 0.3) is 0 Å². The molecule has 1 N–H and O–H groups in total. The van der Waals surface area contributed by atoms with E-state index in [0.29, 0.717) is 11.4 Å². The first kappa shape index (κ1) is 15.4. The third-order valence-corrected chi connectivity index (χ3v) is 3.99. The van der Waals surface area contributed by atoms with E-state index in [1.807, 2.05) is 0 Å². The van der Waals surface area contributed by atoms with Crippen molar-refractivity contribution in [3.05, 3.63) is 24.3 Å². The van der Waals surface area contributed by atoms with Crippen LogP contribution < -0.4 is 10.2 Å². The van der Waals surface area contributed by atoms with Gasteiger partial charge < -0.3 is 10.2 Å². The van der Waals surface area contributed by atoms with Crippen LogP contribution in [-0.2, 0) is 19.8 Å². The molecule has 1 atom stereocenters. The number of rotatable bonds is 4. The zero-order valence-corrected chi connectivity index (χ0v) is 12.2. The van der Waals surface area contributed by atoms with Gasteiger partial charge in [0, 0.05) is 37.2 Å². The molecule has 2 rings (SSSR count). The molecule has 6 nitrogen and oxygen atoms in total. The van der Waals surface area contributed by atoms with Crippen molar-refractivity contribution < 1.29 is 21.9 Å². The Balaban J connectivity index is 2.15. The van der Waals surface area contributed by atoms with Crippen molar-refractivity contribution in [1.82, 2.24) is 0 Å². The fourth-order valence-corrected chi connectivity index (χ4v) is 3.17. The highest BCUT2D eigenvalue weighted by molar-refractivity contribution is 7.86. The molecular formula is C13H15FN2O4S. The summed E-state index contributed by atoms with van der Waals surface area (Å²) in [5, 5.41) is 2.60. The van der Waals surface area contributed by atoms with Crippen LogP contribution in [0.2, 0.25) is 0 Å². The summed E-state index contributed by atoms with van der Waals surface area (Å²) in [7, 11) is -4.60. The summed E-state index contributed by atoms with van der Waals surface area (Å²) in [6.45, 7) is 1.52. The number of hydrogen-bond acceptors (Lipinski definition) is 4. The molecule has 2 amide bonds. The molecule has 0 saturated carbocycles. The first-order valence-corrected chi connectivity index (χ1v) is 7.90. The molecule has 1 aromatic rings. The van der Waals surface area contributed by atoms with Crippen molar-refractivity contribution in [1.29, 1.82) is 0 Å². The lowest BCUT2D eigenvalue weighted by Crippen LogP contribution is -2.25. The lowest BCUT2D eigenvalue weighted by Gasteiger charge is -2.17. The maximum atomic E-state index is 12.7. The molecule has 1 saturated heterocycles. The minimum Gasteiger partial charge on any atom is -0.326 e. The van der Waals surface area contributed by atoms with Crippen LogP contribution in [0, 0.1) is 5.92 Å². The van der Waals surface area contributed by atoms with Crippen LogP contribution in [0.1, 0.15) is 13.3 Å². The van der Waals surface area contributed by atoms with Crippen molar-refractivity contribution >= 4 is 33.4 Å². The maximum Gasteiger partial charge on any atom is 0.302 e. The fraction of sp³-hybridized carbons (Fsp3) is 0.385. The number of carbonyl (C=O) groups is 2. The number of nitrogens with zero attached hydrogens (tertiary/aromatic N) is 1. The second kappa shape index (κ2) is 5.80. The van der Waals surface area contributed by atoms with Crippen LogP contribution in [0.25, 0.3) is 0 Å². The average molecular weight is 314 g/mol. The summed E-state index contributed by atoms with van der Waals surface area (Å²) in [5.74, 6) is -1.71. The summed E-state index contributed by atoms with van der Waals surface area (Å²) in [6.07, 6.45) is -0.00643. The largest absolute Gasteiger partial charge is 0.326 e. The Morgan fingerprint density at radius 3 is 2.81 bits per heavy atom. The highest BCUT2D eigenvalue weighted by atomic mass is 32.3. The molecule has 1 aliphatic rings. The number of nitrogens with one attached hydrogen (secondary N) is 1. The summed E-state index contributed by atoms with van der Waals surface area (Å²) in [4.78, 5) is 24.3. The highest BCUT2D eigenvalue weighted by Gasteiger charge is 2.33. The molecule has 8 heteroatoms. The van der Waals surface area contributed by atoms with Crippen molar-refractivity contribution in [3.8, 4) is 0 Å². The number of hydrogen-bond donors (Lipinski definition) is 1. The van der Waals surface area contributed by atoms with Gasteiger partial charge in [0.15, 0.2) is 0 Å². The number of carbonyl (C=O) groups excluding carboxylic acids is 2. The van der Waals surface area contributed by atoms with E-state index < -0.39 is 21.9 Å². The van der Waals surface area contributed by atoms with Gasteiger partial charge in [0.2, 0.25) is 11.8 Å². The van der Waals surface area contributed by atoms with Gasteiger partial charge in [-0.3, -0.25) is 9.59 Å². The molecule has 1 aromatic carbocycles. The third kappa shape index (κ3) is 4.25. The van der Waals surface area contributed by atoms with E-state index in [1.165, 1.54) is 11.8 Å². The first-order valence-electron chi connectivity index (χ1n) is 6.35. The zero-order valence-electron chi connectivity index (χ0n) is 11.4. The smallest absolute Gasteiger partial charge is 0.302 e. The molecule has 1 fully saturated rings. The Bertz CT molecular complexity index is 675. The summed E-state index contributed by atoms with van der Waals surface area (Å²) in [5.41, 5.74) is 1.08. The highest BCUT2D eigenvalue weighted by Crippen LogP contribution is 2.28. The molecule has 1 heterocycles. The Labute approximate surface area is 122 Å². The Hall–Kier alpha value is -1.96. The molecule has 1 unspecified atom stereocenters. The second-order valence-corrected chi connectivity index (χ2v) is 6.42. The molecule has 0 radical (unpaired) electrons. The maximum absolute atomic E-state index is 12.7. The first-order chi connectivity index (χ1) is 9.74. The van der Waals surface area contributed by atoms with E-state index in [1.54, 1.807) is 24.3 Å². The molecular weight excluding hydrogens is 299 g/mol. The average Bonchev–Trinajstić information content (AvgIpc) is 2.67. The summed E-state index contributed by atoms with van der Waals surface area (Å²) >= 11 is 0. The van der Waals surface area contributed by atoms with Crippen molar-refractivity contribution in [3.63, 3.8) is 0 Å². The summed E-state index contributed by atoms with van der Waals surface area (Å²) in [6, 6.07) is 6.64. The lowest BCUT2D eigenvalue weighted by atomic mass is 10.1. The molecule has 0 spiro atoms. The molecule has 0 aliphatic carbocycles. The van der Waals surface area contributed by atoms with E-state index in [9.17, 15) is 21.9 Å². The number of benzene rings is 1. The van der Waals surface area contributed by atoms with Crippen LogP contribution >= 0.6 is 0 Å². The van der Waals surface area contributed by atoms with Crippen molar-refractivity contribution in [2.45, 2.75) is 13.3 Å². The predicted molar refractivity (Wildman–Crippen MR) is 76.1 cm³/mol. The number of amides is 2. The molecule has 0 aromatic heterocycles. The van der Waals surface area contributed by atoms with Gasteiger partial charge in [0.05, 0.1) is 5.75 Å². The van der Waals surface area contributed by atoms with Gasteiger partial charge >= 0.3 is 10.2 Å². The lowest BCUT2D eigenvalue weighted by molar-refractivity contribution is -0.117. The standard InChI is InChI=1S/C13H15FN2O4S/c1-9(17)15-11-3-2-4-12(6-11)16-7-10(5-13(16)18)8-21(14,19)20/h2-4,6,10H,5,7-8H2,1H3,(H,15,17). The topological polar surface area (TPSA) is 83.6 Å². The van der Waals surface area contributed by atoms with Crippen LogP contribution in [0.5, 0.6) is 0 Å². The minimum atomic E-state index is -4.60. The van der Waals surface area contributed by atoms with Gasteiger partial charge in [-0.1, -0.05) is 6.07 Å². The van der Waals surface area contributed by atoms with Crippen LogP contribution in [-0.4, -0.2) is 32.5 Å². The predicted octanol–water partition coefficient (Wildman–Crippen LogP) is 1.30. The normalized spacial score (nSPS) is 18.9. The van der Waals surface area contributed by atoms with Crippen LogP contribution in [0.3, 0.4) is 0 Å². The van der Waals surface area contributed by atoms with E-state index in [2.05, 4.69) is 5.32 Å². The van der Waals surface area contributed by atoms with Gasteiger partial charge in [-0.05, 0) is 18.2 Å². The van der Waals surface area contributed by atoms with E-state index in [4.69, 9.17) is 0 Å². The second-order valence-electron chi connectivity index (χ2n) is 5.01. The van der Waals surface area contributed by atoms with Crippen LogP contribution in [0.15, 0.2) is 24.3 Å². The fourth-order valence-electron chi connectivity index (χ4n) is 2.38. The van der Waals surface area contributed by atoms with E-state index in [-0.39, 0.29) is 24.8 Å². The van der Waals surface area contributed by atoms with Gasteiger partial charge in [0.1, 0.15) is 0 Å². The number of halogens is 1. The molecule has 1 aliphatic heterocycles. The monoisotopic (exact) mass is 314 g/mol. The SMILES string of the molecule is CC(=O)Nc1cccc(N2CC(CS(=O)(=O)F)CC2=O)c1. The molecule has 21 heavy (non-hydrogen) atoms. The van der Waals surface area contributed by atoms with Gasteiger partial charge in [-0.15, -0.1) is 3.89 Å². The zero-order chi connectivity index (χ0) is 15.6. The third-order valence-electron chi connectivity index (χ3n) is 3.12. The number of anilines is 2. The van der Waals surface area contributed by atoms with E-state index in [0.717, 1.165) is 0 Å². The van der Waals surface area contributed by atoms with Crippen molar-refractivity contribution in [2.75, 3.05) is 22.5 Å². The Morgan fingerprint density at radius 2 is 2.19 bits per heavy atom. The quantitative estimate of drug-likeness (QED) is 0.849. The van der Waals surface area contributed by atoms with Crippen molar-refractivity contribution in [2.24, 2.45) is 5.92 Å². The van der Waals surface area contributed by atoms with Gasteiger partial charge in [-0.2, -0.15) is 8.42 Å². The van der Waals surface area contributed by atoms with Crippen LogP contribution in [0.4, 0.5) is 15.3 Å². The molecule has 0 bridgehead atoms. The van der Waals surface area contributed by atoms with E-state index >= 15 is 0 Å². The Morgan fingerprint density at radius 1 is 1.48 bits per heavy atom. The molecule has 114 valence electrons. The van der Waals surface area contributed by atoms with Gasteiger partial charge in [-0.25, -0.2) is 0 Å². The Kier molecular flexibility index (Phi) is 4.26. The summed E-state index contributed by atoms with van der Waals surface area (Å²) < 4.78 is 34.0. The minimum absolute atomic E-state index is 0.00643.